The van der Waals surface area contributed by atoms with Crippen molar-refractivity contribution in [3.63, 3.8) is 0 Å². The number of aliphatic imine (C=N–C) groups is 1. The van der Waals surface area contributed by atoms with E-state index >= 15 is 0 Å². The summed E-state index contributed by atoms with van der Waals surface area (Å²) >= 11 is 7.46. The maximum absolute atomic E-state index is 12.7. The normalized spacial score (nSPS) is 19.4. The van der Waals surface area contributed by atoms with Crippen molar-refractivity contribution in [2.75, 3.05) is 11.9 Å². The van der Waals surface area contributed by atoms with Crippen molar-refractivity contribution in [2.24, 2.45) is 10.9 Å². The molecule has 0 fully saturated rings. The van der Waals surface area contributed by atoms with Crippen LogP contribution in [0.4, 0.5) is 18.9 Å². The molecule has 0 saturated heterocycles. The Balaban J connectivity index is 2.14. The highest BCUT2D eigenvalue weighted by Crippen LogP contribution is 2.35. The lowest BCUT2D eigenvalue weighted by Gasteiger charge is -2.14. The second-order valence-electron chi connectivity index (χ2n) is 4.86. The van der Waals surface area contributed by atoms with Gasteiger partial charge < -0.3 is 5.32 Å². The van der Waals surface area contributed by atoms with Gasteiger partial charge in [-0.25, -0.2) is 0 Å². The highest BCUT2D eigenvalue weighted by Gasteiger charge is 2.31. The first-order chi connectivity index (χ1) is 9.27. The fourth-order valence-electron chi connectivity index (χ4n) is 1.72. The molecule has 1 unspecified atom stereocenters. The number of anilines is 1. The predicted octanol–water partition coefficient (Wildman–Crippen LogP) is 4.90. The van der Waals surface area contributed by atoms with E-state index in [2.05, 4.69) is 24.2 Å². The van der Waals surface area contributed by atoms with Crippen LogP contribution in [-0.2, 0) is 6.18 Å². The number of hydrogen-bond donors (Lipinski definition) is 1. The lowest BCUT2D eigenvalue weighted by Crippen LogP contribution is -2.13. The van der Waals surface area contributed by atoms with Crippen molar-refractivity contribution < 1.29 is 13.2 Å². The van der Waals surface area contributed by atoms with E-state index in [4.69, 9.17) is 11.6 Å². The molecular formula is C13H14ClF3N2S. The van der Waals surface area contributed by atoms with E-state index in [-0.39, 0.29) is 10.7 Å². The Bertz CT molecular complexity index is 529. The average molecular weight is 323 g/mol. The smallest absolute Gasteiger partial charge is 0.334 e. The van der Waals surface area contributed by atoms with Crippen LogP contribution in [0.3, 0.4) is 0 Å². The van der Waals surface area contributed by atoms with Gasteiger partial charge in [-0.05, 0) is 24.1 Å². The maximum Gasteiger partial charge on any atom is 0.416 e. The summed E-state index contributed by atoms with van der Waals surface area (Å²) in [6.45, 7) is 4.85. The lowest BCUT2D eigenvalue weighted by atomic mass is 10.1. The number of nitrogens with one attached hydrogen (secondary N) is 1. The summed E-state index contributed by atoms with van der Waals surface area (Å²) in [5, 5.41) is 4.10. The summed E-state index contributed by atoms with van der Waals surface area (Å²) in [7, 11) is 0. The topological polar surface area (TPSA) is 24.4 Å². The zero-order chi connectivity index (χ0) is 14.9. The third-order valence-electron chi connectivity index (χ3n) is 2.96. The van der Waals surface area contributed by atoms with Gasteiger partial charge in [-0.2, -0.15) is 13.2 Å². The number of rotatable bonds is 2. The maximum atomic E-state index is 12.7. The number of nitrogens with zero attached hydrogens (tertiary/aromatic N) is 1. The molecule has 2 nitrogen and oxygen atoms in total. The van der Waals surface area contributed by atoms with Crippen LogP contribution in [0.1, 0.15) is 19.4 Å². The van der Waals surface area contributed by atoms with Crippen LogP contribution in [-0.4, -0.2) is 17.0 Å². The molecule has 1 aliphatic heterocycles. The van der Waals surface area contributed by atoms with Crippen molar-refractivity contribution in [3.05, 3.63) is 28.8 Å². The molecule has 1 atom stereocenters. The molecule has 0 bridgehead atoms. The van der Waals surface area contributed by atoms with E-state index in [0.717, 1.165) is 12.1 Å². The Labute approximate surface area is 124 Å². The Hall–Kier alpha value is -0.880. The predicted molar refractivity (Wildman–Crippen MR) is 78.6 cm³/mol. The van der Waals surface area contributed by atoms with Crippen LogP contribution in [0.15, 0.2) is 23.2 Å². The van der Waals surface area contributed by atoms with Crippen LogP contribution in [0.5, 0.6) is 0 Å². The summed E-state index contributed by atoms with van der Waals surface area (Å²) < 4.78 is 38.0. The molecule has 1 N–H and O–H groups in total. The van der Waals surface area contributed by atoms with Crippen molar-refractivity contribution >= 4 is 34.2 Å². The number of alkyl halides is 3. The molecule has 1 heterocycles. The monoisotopic (exact) mass is 322 g/mol. The van der Waals surface area contributed by atoms with E-state index in [1.807, 2.05) is 0 Å². The van der Waals surface area contributed by atoms with E-state index in [9.17, 15) is 13.2 Å². The van der Waals surface area contributed by atoms with Crippen LogP contribution in [0.2, 0.25) is 5.02 Å². The third kappa shape index (κ3) is 3.61. The first-order valence-electron chi connectivity index (χ1n) is 6.12. The average Bonchev–Trinajstić information content (AvgIpc) is 2.79. The van der Waals surface area contributed by atoms with Gasteiger partial charge in [-0.1, -0.05) is 37.2 Å². The minimum absolute atomic E-state index is 0.233. The summed E-state index contributed by atoms with van der Waals surface area (Å²) in [4.78, 5) is 4.30. The quantitative estimate of drug-likeness (QED) is 0.837. The standard InChI is InChI=1S/C13H14ClF3N2S/c1-7(2)11-6-18-12(20-11)19-10-5-8(13(15,16)17)3-4-9(10)14/h3-5,7,11H,6H2,1-2H3,(H,18,19). The SMILES string of the molecule is CC(C)C1CN=C(Nc2cc(C(F)(F)F)ccc2Cl)S1. The highest BCUT2D eigenvalue weighted by atomic mass is 35.5. The van der Waals surface area contributed by atoms with Gasteiger partial charge in [0.05, 0.1) is 22.8 Å². The number of hydrogen-bond acceptors (Lipinski definition) is 3. The van der Waals surface area contributed by atoms with Crippen molar-refractivity contribution in [1.29, 1.82) is 0 Å². The van der Waals surface area contributed by atoms with E-state index < -0.39 is 11.7 Å². The molecule has 1 aliphatic rings. The van der Waals surface area contributed by atoms with Gasteiger partial charge in [0.25, 0.3) is 0 Å². The van der Waals surface area contributed by atoms with Gasteiger partial charge in [0.1, 0.15) is 0 Å². The largest absolute Gasteiger partial charge is 0.416 e. The third-order valence-corrected chi connectivity index (χ3v) is 4.74. The first kappa shape index (κ1) is 15.5. The summed E-state index contributed by atoms with van der Waals surface area (Å²) in [6.07, 6.45) is -4.38. The minimum Gasteiger partial charge on any atom is -0.334 e. The Morgan fingerprint density at radius 2 is 2.10 bits per heavy atom. The van der Waals surface area contributed by atoms with E-state index in [0.29, 0.717) is 22.9 Å². The molecule has 2 rings (SSSR count). The fourth-order valence-corrected chi connectivity index (χ4v) is 2.91. The second-order valence-corrected chi connectivity index (χ2v) is 6.50. The summed E-state index contributed by atoms with van der Waals surface area (Å²) in [5.74, 6) is 0.458. The van der Waals surface area contributed by atoms with Gasteiger partial charge in [0, 0.05) is 5.25 Å². The van der Waals surface area contributed by atoms with Crippen LogP contribution < -0.4 is 5.32 Å². The van der Waals surface area contributed by atoms with Crippen LogP contribution >= 0.6 is 23.4 Å². The Morgan fingerprint density at radius 1 is 1.40 bits per heavy atom. The molecule has 0 spiro atoms. The zero-order valence-electron chi connectivity index (χ0n) is 11.0. The van der Waals surface area contributed by atoms with Crippen molar-refractivity contribution in [2.45, 2.75) is 25.3 Å². The molecule has 0 aliphatic carbocycles. The molecule has 0 saturated carbocycles. The Kier molecular flexibility index (Phi) is 4.54. The molecule has 110 valence electrons. The number of halogens is 4. The molecule has 1 aromatic rings. The number of amidine groups is 1. The molecule has 1 aromatic carbocycles. The number of benzene rings is 1. The van der Waals surface area contributed by atoms with Gasteiger partial charge in [-0.3, -0.25) is 4.99 Å². The van der Waals surface area contributed by atoms with Crippen LogP contribution in [0.25, 0.3) is 0 Å². The van der Waals surface area contributed by atoms with E-state index in [1.165, 1.54) is 17.8 Å². The molecular weight excluding hydrogens is 309 g/mol. The minimum atomic E-state index is -4.38. The molecule has 0 amide bonds. The van der Waals surface area contributed by atoms with Gasteiger partial charge in [-0.15, -0.1) is 0 Å². The van der Waals surface area contributed by atoms with Crippen molar-refractivity contribution in [3.8, 4) is 0 Å². The second kappa shape index (κ2) is 5.85. The number of thioether (sulfide) groups is 1. The zero-order valence-corrected chi connectivity index (χ0v) is 12.5. The lowest BCUT2D eigenvalue weighted by molar-refractivity contribution is -0.137. The van der Waals surface area contributed by atoms with Crippen molar-refractivity contribution in [1.82, 2.24) is 0 Å². The van der Waals surface area contributed by atoms with Gasteiger partial charge in [0.15, 0.2) is 5.17 Å². The van der Waals surface area contributed by atoms with Gasteiger partial charge in [0.2, 0.25) is 0 Å². The molecule has 0 aromatic heterocycles. The summed E-state index contributed by atoms with van der Waals surface area (Å²) in [5.41, 5.74) is -0.495. The summed E-state index contributed by atoms with van der Waals surface area (Å²) in [6, 6.07) is 3.22. The molecule has 7 heteroatoms. The van der Waals surface area contributed by atoms with Gasteiger partial charge >= 0.3 is 6.18 Å². The highest BCUT2D eigenvalue weighted by molar-refractivity contribution is 8.15. The molecule has 0 radical (unpaired) electrons. The van der Waals surface area contributed by atoms with Crippen LogP contribution in [0, 0.1) is 5.92 Å². The van der Waals surface area contributed by atoms with E-state index in [1.54, 1.807) is 0 Å². The Morgan fingerprint density at radius 3 is 2.65 bits per heavy atom. The first-order valence-corrected chi connectivity index (χ1v) is 7.38. The molecule has 20 heavy (non-hydrogen) atoms. The fraction of sp³-hybridized carbons (Fsp3) is 0.462.